The van der Waals surface area contributed by atoms with Gasteiger partial charge < -0.3 is 15.2 Å². The molecular weight excluding hydrogens is 380 g/mol. The van der Waals surface area contributed by atoms with Crippen molar-refractivity contribution in [3.63, 3.8) is 0 Å². The Hall–Kier alpha value is -1.93. The van der Waals surface area contributed by atoms with Crippen LogP contribution in [-0.4, -0.2) is 41.3 Å². The molecule has 0 heterocycles. The third-order valence-electron chi connectivity index (χ3n) is 2.73. The summed E-state index contributed by atoms with van der Waals surface area (Å²) in [4.78, 5) is 35.4. The molecule has 0 spiro atoms. The lowest BCUT2D eigenvalue weighted by atomic mass is 10.2. The van der Waals surface area contributed by atoms with Crippen LogP contribution in [0.2, 0.25) is 0 Å². The van der Waals surface area contributed by atoms with E-state index in [4.69, 9.17) is 4.74 Å². The molecule has 0 bridgehead atoms. The minimum Gasteiger partial charge on any atom is -0.444 e. The summed E-state index contributed by atoms with van der Waals surface area (Å²) in [6, 6.07) is 5.64. The number of imide groups is 1. The molecule has 132 valence electrons. The SMILES string of the molecule is CC(C)(C)OC(=O)N[C@H](CO)CC(=O)NC(=O)c1ccc(Br)cc1. The number of aliphatic hydroxyl groups excluding tert-OH is 1. The maximum atomic E-state index is 11.9. The zero-order valence-corrected chi connectivity index (χ0v) is 15.3. The first-order chi connectivity index (χ1) is 11.1. The van der Waals surface area contributed by atoms with Crippen LogP contribution >= 0.6 is 15.9 Å². The summed E-state index contributed by atoms with van der Waals surface area (Å²) in [6.07, 6.45) is -0.994. The van der Waals surface area contributed by atoms with Crippen molar-refractivity contribution >= 4 is 33.8 Å². The molecule has 0 radical (unpaired) electrons. The quantitative estimate of drug-likeness (QED) is 0.700. The average Bonchev–Trinajstić information content (AvgIpc) is 2.44. The molecular formula is C16H21BrN2O5. The van der Waals surface area contributed by atoms with E-state index in [2.05, 4.69) is 26.6 Å². The number of carbonyl (C=O) groups is 3. The molecule has 0 aliphatic carbocycles. The summed E-state index contributed by atoms with van der Waals surface area (Å²) in [5.74, 6) is -1.17. The molecule has 7 nitrogen and oxygen atoms in total. The van der Waals surface area contributed by atoms with Gasteiger partial charge in [-0.3, -0.25) is 14.9 Å². The smallest absolute Gasteiger partial charge is 0.407 e. The largest absolute Gasteiger partial charge is 0.444 e. The average molecular weight is 401 g/mol. The lowest BCUT2D eigenvalue weighted by Gasteiger charge is -2.22. The molecule has 1 atom stereocenters. The Balaban J connectivity index is 2.53. The summed E-state index contributed by atoms with van der Waals surface area (Å²) in [5, 5.41) is 13.9. The van der Waals surface area contributed by atoms with Gasteiger partial charge in [0.25, 0.3) is 5.91 Å². The number of rotatable bonds is 5. The van der Waals surface area contributed by atoms with E-state index in [9.17, 15) is 19.5 Å². The summed E-state index contributed by atoms with van der Waals surface area (Å²) in [7, 11) is 0. The molecule has 0 saturated carbocycles. The van der Waals surface area contributed by atoms with Crippen LogP contribution in [0.5, 0.6) is 0 Å². The van der Waals surface area contributed by atoms with Crippen LogP contribution in [0.1, 0.15) is 37.6 Å². The Morgan fingerprint density at radius 1 is 1.21 bits per heavy atom. The van der Waals surface area contributed by atoms with Gasteiger partial charge in [-0.1, -0.05) is 15.9 Å². The van der Waals surface area contributed by atoms with Crippen molar-refractivity contribution in [3.8, 4) is 0 Å². The van der Waals surface area contributed by atoms with Crippen molar-refractivity contribution in [2.75, 3.05) is 6.61 Å². The number of hydrogen-bond donors (Lipinski definition) is 3. The number of amides is 3. The van der Waals surface area contributed by atoms with E-state index >= 15 is 0 Å². The van der Waals surface area contributed by atoms with Gasteiger partial charge >= 0.3 is 6.09 Å². The predicted molar refractivity (Wildman–Crippen MR) is 91.5 cm³/mol. The van der Waals surface area contributed by atoms with Gasteiger partial charge in [0.1, 0.15) is 5.60 Å². The number of carbonyl (C=O) groups excluding carboxylic acids is 3. The molecule has 0 saturated heterocycles. The first kappa shape index (κ1) is 20.1. The van der Waals surface area contributed by atoms with E-state index in [0.29, 0.717) is 5.56 Å². The Morgan fingerprint density at radius 3 is 2.29 bits per heavy atom. The van der Waals surface area contributed by atoms with Crippen LogP contribution in [0.3, 0.4) is 0 Å². The molecule has 1 aromatic rings. The van der Waals surface area contributed by atoms with E-state index in [0.717, 1.165) is 4.47 Å². The first-order valence-electron chi connectivity index (χ1n) is 7.31. The Labute approximate surface area is 148 Å². The minimum absolute atomic E-state index is 0.252. The highest BCUT2D eigenvalue weighted by Crippen LogP contribution is 2.10. The fourth-order valence-corrected chi connectivity index (χ4v) is 1.97. The van der Waals surface area contributed by atoms with E-state index in [-0.39, 0.29) is 6.42 Å². The van der Waals surface area contributed by atoms with Gasteiger partial charge in [0.05, 0.1) is 12.6 Å². The summed E-state index contributed by atoms with van der Waals surface area (Å²) >= 11 is 3.25. The second kappa shape index (κ2) is 8.79. The number of halogens is 1. The molecule has 1 rings (SSSR count). The topological polar surface area (TPSA) is 105 Å². The molecule has 24 heavy (non-hydrogen) atoms. The fraction of sp³-hybridized carbons (Fsp3) is 0.438. The van der Waals surface area contributed by atoms with Gasteiger partial charge in [-0.05, 0) is 45.0 Å². The highest BCUT2D eigenvalue weighted by atomic mass is 79.9. The second-order valence-electron chi connectivity index (χ2n) is 6.11. The lowest BCUT2D eigenvalue weighted by molar-refractivity contribution is -0.120. The number of nitrogens with one attached hydrogen (secondary N) is 2. The van der Waals surface area contributed by atoms with Crippen molar-refractivity contribution in [3.05, 3.63) is 34.3 Å². The molecule has 0 unspecified atom stereocenters. The number of hydrogen-bond acceptors (Lipinski definition) is 5. The molecule has 0 aliphatic rings. The zero-order chi connectivity index (χ0) is 18.3. The first-order valence-corrected chi connectivity index (χ1v) is 8.10. The van der Waals surface area contributed by atoms with E-state index in [1.54, 1.807) is 45.0 Å². The Morgan fingerprint density at radius 2 is 1.79 bits per heavy atom. The van der Waals surface area contributed by atoms with Crippen LogP contribution in [0.25, 0.3) is 0 Å². The molecule has 3 amide bonds. The third kappa shape index (κ3) is 7.56. The Bertz CT molecular complexity index is 595. The van der Waals surface area contributed by atoms with Gasteiger partial charge in [-0.25, -0.2) is 4.79 Å². The summed E-state index contributed by atoms with van der Waals surface area (Å²) < 4.78 is 5.86. The maximum Gasteiger partial charge on any atom is 0.407 e. The van der Waals surface area contributed by atoms with Gasteiger partial charge in [0.2, 0.25) is 5.91 Å². The second-order valence-corrected chi connectivity index (χ2v) is 7.03. The van der Waals surface area contributed by atoms with Crippen LogP contribution < -0.4 is 10.6 Å². The van der Waals surface area contributed by atoms with Crippen LogP contribution in [0, 0.1) is 0 Å². The number of alkyl carbamates (subject to hydrolysis) is 1. The Kier molecular flexibility index (Phi) is 7.37. The summed E-state index contributed by atoms with van der Waals surface area (Å²) in [5.41, 5.74) is -0.364. The minimum atomic E-state index is -0.849. The van der Waals surface area contributed by atoms with Crippen LogP contribution in [0.4, 0.5) is 4.79 Å². The monoisotopic (exact) mass is 400 g/mol. The number of ether oxygens (including phenoxy) is 1. The van der Waals surface area contributed by atoms with E-state index in [1.807, 2.05) is 0 Å². The van der Waals surface area contributed by atoms with Crippen molar-refractivity contribution in [1.82, 2.24) is 10.6 Å². The zero-order valence-electron chi connectivity index (χ0n) is 13.8. The highest BCUT2D eigenvalue weighted by Gasteiger charge is 2.21. The molecule has 0 fully saturated rings. The third-order valence-corrected chi connectivity index (χ3v) is 3.26. The number of benzene rings is 1. The van der Waals surface area contributed by atoms with Gasteiger partial charge in [-0.15, -0.1) is 0 Å². The van der Waals surface area contributed by atoms with E-state index in [1.165, 1.54) is 0 Å². The van der Waals surface area contributed by atoms with Gasteiger partial charge in [-0.2, -0.15) is 0 Å². The van der Waals surface area contributed by atoms with Crippen molar-refractivity contribution in [2.24, 2.45) is 0 Å². The van der Waals surface area contributed by atoms with Crippen molar-refractivity contribution < 1.29 is 24.2 Å². The van der Waals surface area contributed by atoms with Gasteiger partial charge in [0.15, 0.2) is 0 Å². The molecule has 8 heteroatoms. The number of aliphatic hydroxyl groups is 1. The predicted octanol–water partition coefficient (Wildman–Crippen LogP) is 1.98. The molecule has 1 aromatic carbocycles. The van der Waals surface area contributed by atoms with E-state index < -0.39 is 36.2 Å². The molecule has 3 N–H and O–H groups in total. The van der Waals surface area contributed by atoms with Gasteiger partial charge in [0, 0.05) is 16.5 Å². The summed E-state index contributed by atoms with van der Waals surface area (Å²) in [6.45, 7) is 4.64. The highest BCUT2D eigenvalue weighted by molar-refractivity contribution is 9.10. The van der Waals surface area contributed by atoms with Crippen molar-refractivity contribution in [1.29, 1.82) is 0 Å². The molecule has 0 aliphatic heterocycles. The van der Waals surface area contributed by atoms with Crippen LogP contribution in [0.15, 0.2) is 28.7 Å². The lowest BCUT2D eigenvalue weighted by Crippen LogP contribution is -2.44. The standard InChI is InChI=1S/C16H21BrN2O5/c1-16(2,3)24-15(23)18-12(9-20)8-13(21)19-14(22)10-4-6-11(17)7-5-10/h4-7,12,20H,8-9H2,1-3H3,(H,18,23)(H,19,21,22)/t12-/m0/s1. The normalized spacial score (nSPS) is 12.2. The van der Waals surface area contributed by atoms with Crippen molar-refractivity contribution in [2.45, 2.75) is 38.8 Å². The van der Waals surface area contributed by atoms with Crippen LogP contribution in [-0.2, 0) is 9.53 Å². The molecule has 0 aromatic heterocycles. The fourth-order valence-electron chi connectivity index (χ4n) is 1.71. The maximum absolute atomic E-state index is 11.9.